The summed E-state index contributed by atoms with van der Waals surface area (Å²) in [6, 6.07) is 12.5. The minimum Gasteiger partial charge on any atom is -0.459 e. The van der Waals surface area contributed by atoms with Gasteiger partial charge >= 0.3 is 0 Å². The maximum absolute atomic E-state index is 14.1. The molecule has 1 saturated heterocycles. The maximum atomic E-state index is 14.1. The number of furan rings is 1. The van der Waals surface area contributed by atoms with Crippen LogP contribution in [0.15, 0.2) is 53.1 Å². The average Bonchev–Trinajstić information content (AvgIpc) is 3.11. The van der Waals surface area contributed by atoms with E-state index >= 15 is 0 Å². The van der Waals surface area contributed by atoms with Crippen LogP contribution in [0.3, 0.4) is 0 Å². The van der Waals surface area contributed by atoms with Crippen molar-refractivity contribution in [1.29, 1.82) is 0 Å². The Balaban J connectivity index is 1.58. The third-order valence-corrected chi connectivity index (χ3v) is 4.20. The molecule has 0 saturated carbocycles. The van der Waals surface area contributed by atoms with E-state index in [0.717, 1.165) is 5.56 Å². The molecule has 1 fully saturated rings. The molecule has 1 unspecified atom stereocenters. The van der Waals surface area contributed by atoms with E-state index < -0.39 is 11.8 Å². The van der Waals surface area contributed by atoms with Crippen LogP contribution in [0.4, 0.5) is 8.78 Å². The molecular formula is C18H19F2NO3. The molecule has 0 radical (unpaired) electrons. The smallest absolute Gasteiger partial charge is 0.289 e. The van der Waals surface area contributed by atoms with Crippen LogP contribution in [0.2, 0.25) is 0 Å². The van der Waals surface area contributed by atoms with E-state index in [9.17, 15) is 13.6 Å². The van der Waals surface area contributed by atoms with Crippen molar-refractivity contribution in [2.75, 3.05) is 19.7 Å². The predicted molar refractivity (Wildman–Crippen MR) is 83.8 cm³/mol. The number of amides is 1. The van der Waals surface area contributed by atoms with Crippen molar-refractivity contribution in [3.05, 3.63) is 60.1 Å². The second-order valence-corrected chi connectivity index (χ2v) is 5.94. The van der Waals surface area contributed by atoms with Gasteiger partial charge in [-0.05, 0) is 17.7 Å². The summed E-state index contributed by atoms with van der Waals surface area (Å²) in [5, 5.41) is 0. The summed E-state index contributed by atoms with van der Waals surface area (Å²) >= 11 is 0. The first-order chi connectivity index (χ1) is 11.6. The molecule has 128 valence electrons. The Kier molecular flexibility index (Phi) is 4.94. The van der Waals surface area contributed by atoms with Gasteiger partial charge in [-0.25, -0.2) is 8.78 Å². The van der Waals surface area contributed by atoms with Crippen molar-refractivity contribution < 1.29 is 22.7 Å². The van der Waals surface area contributed by atoms with Crippen LogP contribution in [0.1, 0.15) is 22.5 Å². The van der Waals surface area contributed by atoms with Gasteiger partial charge in [-0.2, -0.15) is 0 Å². The molecule has 0 bridgehead atoms. The topological polar surface area (TPSA) is 42.7 Å². The van der Waals surface area contributed by atoms with Gasteiger partial charge in [-0.3, -0.25) is 4.79 Å². The first-order valence-electron chi connectivity index (χ1n) is 7.88. The van der Waals surface area contributed by atoms with Crippen molar-refractivity contribution in [2.24, 2.45) is 5.92 Å². The number of carbonyl (C=O) groups excluding carboxylic acids is 1. The molecule has 1 amide bonds. The fraction of sp³-hybridized carbons (Fsp3) is 0.389. The van der Waals surface area contributed by atoms with Crippen molar-refractivity contribution in [3.8, 4) is 0 Å². The number of benzene rings is 1. The molecule has 0 N–H and O–H groups in total. The number of likely N-dealkylation sites (tertiary alicyclic amines) is 1. The second kappa shape index (κ2) is 7.13. The number of rotatable bonds is 5. The lowest BCUT2D eigenvalue weighted by atomic mass is 9.94. The molecule has 1 aliphatic rings. The van der Waals surface area contributed by atoms with Crippen molar-refractivity contribution in [3.63, 3.8) is 0 Å². The normalized spacial score (nSPS) is 20.1. The van der Waals surface area contributed by atoms with E-state index in [1.54, 1.807) is 6.07 Å². The molecule has 1 aromatic heterocycles. The van der Waals surface area contributed by atoms with Gasteiger partial charge in [0.15, 0.2) is 5.76 Å². The van der Waals surface area contributed by atoms with Crippen LogP contribution in [-0.4, -0.2) is 36.4 Å². The lowest BCUT2D eigenvalue weighted by Crippen LogP contribution is -2.50. The highest BCUT2D eigenvalue weighted by Gasteiger charge is 2.45. The number of alkyl halides is 2. The zero-order chi connectivity index (χ0) is 17.0. The van der Waals surface area contributed by atoms with Crippen molar-refractivity contribution >= 4 is 5.91 Å². The van der Waals surface area contributed by atoms with E-state index in [0.29, 0.717) is 0 Å². The second-order valence-electron chi connectivity index (χ2n) is 5.94. The summed E-state index contributed by atoms with van der Waals surface area (Å²) in [5.74, 6) is -4.04. The van der Waals surface area contributed by atoms with E-state index in [-0.39, 0.29) is 44.4 Å². The van der Waals surface area contributed by atoms with Crippen LogP contribution < -0.4 is 0 Å². The lowest BCUT2D eigenvalue weighted by Gasteiger charge is -2.37. The van der Waals surface area contributed by atoms with Gasteiger partial charge in [0.1, 0.15) is 0 Å². The minimum absolute atomic E-state index is 0.0156. The largest absolute Gasteiger partial charge is 0.459 e. The lowest BCUT2D eigenvalue weighted by molar-refractivity contribution is -0.124. The maximum Gasteiger partial charge on any atom is 0.289 e. The standard InChI is InChI=1S/C18H19F2NO3/c19-18(20)8-9-21(17(22)16-7-4-10-24-16)11-15(18)13-23-12-14-5-2-1-3-6-14/h1-7,10,15H,8-9,11-13H2. The Bertz CT molecular complexity index is 658. The predicted octanol–water partition coefficient (Wildman–Crippen LogP) is 3.59. The Labute approximate surface area is 139 Å². The highest BCUT2D eigenvalue weighted by molar-refractivity contribution is 5.91. The number of hydrogen-bond donors (Lipinski definition) is 0. The molecule has 0 spiro atoms. The zero-order valence-electron chi connectivity index (χ0n) is 13.2. The van der Waals surface area contributed by atoms with E-state index in [1.807, 2.05) is 30.3 Å². The number of ether oxygens (including phenoxy) is 1. The summed E-state index contributed by atoms with van der Waals surface area (Å²) in [6.45, 7) is 0.159. The highest BCUT2D eigenvalue weighted by Crippen LogP contribution is 2.34. The molecule has 1 atom stereocenters. The van der Waals surface area contributed by atoms with Crippen molar-refractivity contribution in [1.82, 2.24) is 4.90 Å². The van der Waals surface area contributed by atoms with Gasteiger partial charge in [-0.1, -0.05) is 30.3 Å². The number of carbonyl (C=O) groups is 1. The van der Waals surface area contributed by atoms with Crippen LogP contribution in [-0.2, 0) is 11.3 Å². The van der Waals surface area contributed by atoms with E-state index in [2.05, 4.69) is 0 Å². The molecule has 2 aromatic rings. The third kappa shape index (κ3) is 3.82. The van der Waals surface area contributed by atoms with Crippen LogP contribution in [0.5, 0.6) is 0 Å². The third-order valence-electron chi connectivity index (χ3n) is 4.20. The highest BCUT2D eigenvalue weighted by atomic mass is 19.3. The van der Waals surface area contributed by atoms with E-state index in [1.165, 1.54) is 17.2 Å². The number of piperidine rings is 1. The fourth-order valence-corrected chi connectivity index (χ4v) is 2.79. The van der Waals surface area contributed by atoms with E-state index in [4.69, 9.17) is 9.15 Å². The SMILES string of the molecule is O=C(c1ccco1)N1CCC(F)(F)C(COCc2ccccc2)C1. The first-order valence-corrected chi connectivity index (χ1v) is 7.88. The monoisotopic (exact) mass is 335 g/mol. The molecule has 1 aliphatic heterocycles. The molecule has 6 heteroatoms. The molecular weight excluding hydrogens is 316 g/mol. The summed E-state index contributed by atoms with van der Waals surface area (Å²) in [5.41, 5.74) is 0.931. The Morgan fingerprint density at radius 1 is 1.25 bits per heavy atom. The quantitative estimate of drug-likeness (QED) is 0.838. The number of nitrogens with zero attached hydrogens (tertiary/aromatic N) is 1. The zero-order valence-corrected chi connectivity index (χ0v) is 13.2. The molecule has 3 rings (SSSR count). The van der Waals surface area contributed by atoms with Crippen LogP contribution in [0, 0.1) is 5.92 Å². The van der Waals surface area contributed by atoms with Gasteiger partial charge in [-0.15, -0.1) is 0 Å². The number of halogens is 2. The Morgan fingerprint density at radius 2 is 2.04 bits per heavy atom. The molecule has 4 nitrogen and oxygen atoms in total. The molecule has 0 aliphatic carbocycles. The first kappa shape index (κ1) is 16.6. The van der Waals surface area contributed by atoms with Gasteiger partial charge in [0.2, 0.25) is 0 Å². The van der Waals surface area contributed by atoms with Gasteiger partial charge in [0, 0.05) is 19.5 Å². The summed E-state index contributed by atoms with van der Waals surface area (Å²) in [4.78, 5) is 13.7. The Morgan fingerprint density at radius 3 is 2.75 bits per heavy atom. The number of hydrogen-bond acceptors (Lipinski definition) is 3. The molecule has 1 aromatic carbocycles. The van der Waals surface area contributed by atoms with Crippen LogP contribution >= 0.6 is 0 Å². The van der Waals surface area contributed by atoms with Crippen LogP contribution in [0.25, 0.3) is 0 Å². The Hall–Kier alpha value is -2.21. The van der Waals surface area contributed by atoms with Gasteiger partial charge in [0.05, 0.1) is 25.4 Å². The molecule has 24 heavy (non-hydrogen) atoms. The summed E-state index contributed by atoms with van der Waals surface area (Å²) in [7, 11) is 0. The van der Waals surface area contributed by atoms with Gasteiger partial charge in [0.25, 0.3) is 11.8 Å². The summed E-state index contributed by atoms with van der Waals surface area (Å²) < 4.78 is 38.8. The minimum atomic E-state index is -2.84. The summed E-state index contributed by atoms with van der Waals surface area (Å²) in [6.07, 6.45) is 1.03. The molecule has 2 heterocycles. The van der Waals surface area contributed by atoms with Crippen molar-refractivity contribution in [2.45, 2.75) is 19.0 Å². The average molecular weight is 335 g/mol. The van der Waals surface area contributed by atoms with Gasteiger partial charge < -0.3 is 14.1 Å². The fourth-order valence-electron chi connectivity index (χ4n) is 2.79.